The summed E-state index contributed by atoms with van der Waals surface area (Å²) in [5.74, 6) is 0.280. The van der Waals surface area contributed by atoms with Crippen molar-refractivity contribution < 1.29 is 5.11 Å². The van der Waals surface area contributed by atoms with Crippen molar-refractivity contribution in [3.05, 3.63) is 71.8 Å². The number of hydrogen-bond donors (Lipinski definition) is 1. The fraction of sp³-hybridized carbons (Fsp3) is 0.346. The first-order valence-electron chi connectivity index (χ1n) is 11.2. The first-order chi connectivity index (χ1) is 15.2. The lowest BCUT2D eigenvalue weighted by atomic mass is 10.0. The van der Waals surface area contributed by atoms with E-state index >= 15 is 0 Å². The zero-order chi connectivity index (χ0) is 21.6. The zero-order valence-electron chi connectivity index (χ0n) is 18.5. The van der Waals surface area contributed by atoms with Gasteiger partial charge in [0.05, 0.1) is 6.21 Å². The summed E-state index contributed by atoms with van der Waals surface area (Å²) in [5.41, 5.74) is 3.18. The number of benzene rings is 3. The predicted octanol–water partition coefficient (Wildman–Crippen LogP) is 4.54. The van der Waals surface area contributed by atoms with E-state index in [9.17, 15) is 5.11 Å². The van der Waals surface area contributed by atoms with E-state index < -0.39 is 0 Å². The summed E-state index contributed by atoms with van der Waals surface area (Å²) in [4.78, 5) is 4.71. The third kappa shape index (κ3) is 5.00. The van der Waals surface area contributed by atoms with E-state index in [4.69, 9.17) is 0 Å². The van der Waals surface area contributed by atoms with E-state index in [1.807, 2.05) is 12.1 Å². The SMILES string of the molecule is CCN(CC)c1ccc(/C=N/N2CCN(Cc3cccc4ccccc34)CC2)c(O)c1. The van der Waals surface area contributed by atoms with Crippen molar-refractivity contribution in [3.63, 3.8) is 0 Å². The van der Waals surface area contributed by atoms with Crippen LogP contribution in [0.1, 0.15) is 25.0 Å². The fourth-order valence-corrected chi connectivity index (χ4v) is 4.25. The molecule has 5 heteroatoms. The van der Waals surface area contributed by atoms with E-state index in [-0.39, 0.29) is 5.75 Å². The molecule has 1 saturated heterocycles. The third-order valence-electron chi connectivity index (χ3n) is 6.13. The van der Waals surface area contributed by atoms with Crippen LogP contribution in [0.2, 0.25) is 0 Å². The maximum absolute atomic E-state index is 10.4. The molecule has 0 atom stereocenters. The van der Waals surface area contributed by atoms with Crippen LogP contribution >= 0.6 is 0 Å². The summed E-state index contributed by atoms with van der Waals surface area (Å²) in [6, 6.07) is 21.0. The van der Waals surface area contributed by atoms with Crippen LogP contribution in [0.15, 0.2) is 65.8 Å². The molecular formula is C26H32N4O. The van der Waals surface area contributed by atoms with Gasteiger partial charge in [0.1, 0.15) is 5.75 Å². The molecule has 0 aromatic heterocycles. The van der Waals surface area contributed by atoms with Crippen LogP contribution in [-0.4, -0.2) is 60.5 Å². The molecule has 1 fully saturated rings. The molecule has 0 bridgehead atoms. The number of hydrazone groups is 1. The Hall–Kier alpha value is -3.05. The molecular weight excluding hydrogens is 384 g/mol. The van der Waals surface area contributed by atoms with Gasteiger partial charge in [-0.05, 0) is 42.3 Å². The zero-order valence-corrected chi connectivity index (χ0v) is 18.5. The maximum Gasteiger partial charge on any atom is 0.126 e. The summed E-state index contributed by atoms with van der Waals surface area (Å²) >= 11 is 0. The van der Waals surface area contributed by atoms with Gasteiger partial charge < -0.3 is 10.0 Å². The minimum absolute atomic E-state index is 0.280. The van der Waals surface area contributed by atoms with E-state index in [0.29, 0.717) is 0 Å². The minimum Gasteiger partial charge on any atom is -0.507 e. The largest absolute Gasteiger partial charge is 0.507 e. The number of rotatable bonds is 7. The van der Waals surface area contributed by atoms with Gasteiger partial charge in [0.15, 0.2) is 0 Å². The van der Waals surface area contributed by atoms with Crippen molar-refractivity contribution in [2.45, 2.75) is 20.4 Å². The van der Waals surface area contributed by atoms with Crippen LogP contribution in [0.4, 0.5) is 5.69 Å². The van der Waals surface area contributed by atoms with Crippen molar-refractivity contribution >= 4 is 22.7 Å². The van der Waals surface area contributed by atoms with Gasteiger partial charge >= 0.3 is 0 Å². The first-order valence-corrected chi connectivity index (χ1v) is 11.2. The van der Waals surface area contributed by atoms with E-state index in [2.05, 4.69) is 82.3 Å². The Morgan fingerprint density at radius 3 is 2.42 bits per heavy atom. The summed E-state index contributed by atoms with van der Waals surface area (Å²) in [6.07, 6.45) is 1.78. The van der Waals surface area contributed by atoms with Gasteiger partial charge in [0.25, 0.3) is 0 Å². The molecule has 0 spiro atoms. The molecule has 0 unspecified atom stereocenters. The molecule has 0 aliphatic carbocycles. The maximum atomic E-state index is 10.4. The molecule has 3 aromatic carbocycles. The van der Waals surface area contributed by atoms with Gasteiger partial charge in [-0.25, -0.2) is 0 Å². The summed E-state index contributed by atoms with van der Waals surface area (Å²) in [7, 11) is 0. The van der Waals surface area contributed by atoms with Crippen molar-refractivity contribution in [1.29, 1.82) is 0 Å². The summed E-state index contributed by atoms with van der Waals surface area (Å²) in [6.45, 7) is 10.8. The molecule has 0 saturated carbocycles. The molecule has 3 aromatic rings. The Morgan fingerprint density at radius 1 is 0.935 bits per heavy atom. The van der Waals surface area contributed by atoms with Crippen molar-refractivity contribution in [2.24, 2.45) is 5.10 Å². The lowest BCUT2D eigenvalue weighted by molar-refractivity contribution is 0.131. The lowest BCUT2D eigenvalue weighted by Gasteiger charge is -2.33. The fourth-order valence-electron chi connectivity index (χ4n) is 4.25. The number of phenolic OH excluding ortho intramolecular Hbond substituents is 1. The normalized spacial score (nSPS) is 15.1. The first kappa shape index (κ1) is 21.2. The second-order valence-electron chi connectivity index (χ2n) is 8.03. The second-order valence-corrected chi connectivity index (χ2v) is 8.03. The van der Waals surface area contributed by atoms with Crippen LogP contribution in [0.5, 0.6) is 5.75 Å². The third-order valence-corrected chi connectivity index (χ3v) is 6.13. The number of hydrogen-bond acceptors (Lipinski definition) is 5. The standard InChI is InChI=1S/C26H32N4O/c1-3-29(4-2)24-13-12-22(26(31)18-24)19-27-30-16-14-28(15-17-30)20-23-10-7-9-21-8-5-6-11-25(21)23/h5-13,18-19,31H,3-4,14-17,20H2,1-2H3/b27-19+. The molecule has 31 heavy (non-hydrogen) atoms. The highest BCUT2D eigenvalue weighted by molar-refractivity contribution is 5.85. The quantitative estimate of drug-likeness (QED) is 0.574. The van der Waals surface area contributed by atoms with Crippen LogP contribution in [0.3, 0.4) is 0 Å². The summed E-state index contributed by atoms with van der Waals surface area (Å²) < 4.78 is 0. The van der Waals surface area contributed by atoms with Gasteiger partial charge in [-0.2, -0.15) is 5.10 Å². The van der Waals surface area contributed by atoms with Crippen LogP contribution in [0, 0.1) is 0 Å². The number of fused-ring (bicyclic) bond motifs is 1. The van der Waals surface area contributed by atoms with E-state index in [0.717, 1.165) is 57.1 Å². The number of aromatic hydroxyl groups is 1. The Bertz CT molecular complexity index is 1030. The van der Waals surface area contributed by atoms with Gasteiger partial charge in [-0.3, -0.25) is 9.91 Å². The molecule has 1 heterocycles. The van der Waals surface area contributed by atoms with Gasteiger partial charge in [0.2, 0.25) is 0 Å². The predicted molar refractivity (Wildman–Crippen MR) is 130 cm³/mol. The smallest absolute Gasteiger partial charge is 0.126 e. The topological polar surface area (TPSA) is 42.3 Å². The van der Waals surface area contributed by atoms with Crippen LogP contribution in [-0.2, 0) is 6.54 Å². The number of piperazine rings is 1. The minimum atomic E-state index is 0.280. The monoisotopic (exact) mass is 416 g/mol. The van der Waals surface area contributed by atoms with Crippen LogP contribution in [0.25, 0.3) is 10.8 Å². The molecule has 0 amide bonds. The number of phenols is 1. The van der Waals surface area contributed by atoms with Crippen molar-refractivity contribution in [2.75, 3.05) is 44.2 Å². The highest BCUT2D eigenvalue weighted by Crippen LogP contribution is 2.24. The number of anilines is 1. The van der Waals surface area contributed by atoms with Gasteiger partial charge in [-0.15, -0.1) is 0 Å². The Labute approximate surface area is 185 Å². The summed E-state index contributed by atoms with van der Waals surface area (Å²) in [5, 5.41) is 19.8. The van der Waals surface area contributed by atoms with Gasteiger partial charge in [0, 0.05) is 63.1 Å². The lowest BCUT2D eigenvalue weighted by Crippen LogP contribution is -2.43. The van der Waals surface area contributed by atoms with Crippen LogP contribution < -0.4 is 4.90 Å². The van der Waals surface area contributed by atoms with Crippen molar-refractivity contribution in [3.8, 4) is 5.75 Å². The Morgan fingerprint density at radius 2 is 1.68 bits per heavy atom. The highest BCUT2D eigenvalue weighted by atomic mass is 16.3. The second kappa shape index (κ2) is 9.84. The molecule has 162 valence electrons. The average molecular weight is 417 g/mol. The van der Waals surface area contributed by atoms with Crippen molar-refractivity contribution in [1.82, 2.24) is 9.91 Å². The molecule has 1 N–H and O–H groups in total. The molecule has 5 nitrogen and oxygen atoms in total. The number of nitrogens with zero attached hydrogens (tertiary/aromatic N) is 4. The van der Waals surface area contributed by atoms with Gasteiger partial charge in [-0.1, -0.05) is 42.5 Å². The Kier molecular flexibility index (Phi) is 6.73. The highest BCUT2D eigenvalue weighted by Gasteiger charge is 2.16. The molecule has 0 radical (unpaired) electrons. The average Bonchev–Trinajstić information content (AvgIpc) is 2.80. The Balaban J connectivity index is 1.34. The molecule has 4 rings (SSSR count). The van der Waals surface area contributed by atoms with E-state index in [1.54, 1.807) is 6.21 Å². The van der Waals surface area contributed by atoms with E-state index in [1.165, 1.54) is 16.3 Å². The molecule has 1 aliphatic heterocycles. The molecule has 1 aliphatic rings.